The average Bonchev–Trinajstić information content (AvgIpc) is 3.11. The van der Waals surface area contributed by atoms with E-state index in [1.807, 2.05) is 54.1 Å². The van der Waals surface area contributed by atoms with Gasteiger partial charge in [-0.05, 0) is 36.2 Å². The predicted molar refractivity (Wildman–Crippen MR) is 99.9 cm³/mol. The van der Waals surface area contributed by atoms with E-state index in [4.69, 9.17) is 4.74 Å². The van der Waals surface area contributed by atoms with Crippen LogP contribution in [0.3, 0.4) is 0 Å². The molecular weight excluding hydrogens is 328 g/mol. The molecule has 0 aliphatic carbocycles. The molecule has 0 fully saturated rings. The molecule has 0 saturated carbocycles. The van der Waals surface area contributed by atoms with E-state index in [2.05, 4.69) is 15.3 Å². The number of pyridine rings is 1. The highest BCUT2D eigenvalue weighted by Gasteiger charge is 2.08. The van der Waals surface area contributed by atoms with Crippen molar-refractivity contribution in [3.05, 3.63) is 66.1 Å². The monoisotopic (exact) mass is 350 g/mol. The lowest BCUT2D eigenvalue weighted by Crippen LogP contribution is -2.28. The number of methoxy groups -OCH3 is 1. The number of aryl methyl sites for hydroxylation is 1. The zero-order valence-corrected chi connectivity index (χ0v) is 15.0. The van der Waals surface area contributed by atoms with E-state index in [0.29, 0.717) is 19.5 Å². The Labute approximate surface area is 152 Å². The van der Waals surface area contributed by atoms with Crippen LogP contribution in [0.15, 0.2) is 55.0 Å². The highest BCUT2D eigenvalue weighted by Crippen LogP contribution is 2.18. The molecule has 3 aromatic rings. The minimum Gasteiger partial charge on any atom is -0.496 e. The summed E-state index contributed by atoms with van der Waals surface area (Å²) in [5.41, 5.74) is 2.81. The lowest BCUT2D eigenvalue weighted by atomic mass is 10.1. The highest BCUT2D eigenvalue weighted by molar-refractivity contribution is 5.78. The van der Waals surface area contributed by atoms with Crippen LogP contribution in [0.2, 0.25) is 0 Å². The summed E-state index contributed by atoms with van der Waals surface area (Å²) >= 11 is 0. The third-order valence-electron chi connectivity index (χ3n) is 4.11. The molecule has 0 radical (unpaired) electrons. The molecule has 6 nitrogen and oxygen atoms in total. The SMILES string of the molecule is COc1ccc(CC(=O)NCCn2ccnc2-c2ccccn2)cc1C. The van der Waals surface area contributed by atoms with Gasteiger partial charge >= 0.3 is 0 Å². The number of carbonyl (C=O) groups is 1. The summed E-state index contributed by atoms with van der Waals surface area (Å²) < 4.78 is 7.23. The normalized spacial score (nSPS) is 10.5. The lowest BCUT2D eigenvalue weighted by Gasteiger charge is -2.10. The zero-order valence-electron chi connectivity index (χ0n) is 15.0. The molecule has 0 bridgehead atoms. The number of hydrogen-bond acceptors (Lipinski definition) is 4. The molecule has 134 valence electrons. The van der Waals surface area contributed by atoms with Crippen LogP contribution in [-0.4, -0.2) is 34.1 Å². The summed E-state index contributed by atoms with van der Waals surface area (Å²) in [4.78, 5) is 20.9. The number of hydrogen-bond donors (Lipinski definition) is 1. The summed E-state index contributed by atoms with van der Waals surface area (Å²) in [5, 5.41) is 2.96. The van der Waals surface area contributed by atoms with Crippen LogP contribution >= 0.6 is 0 Å². The highest BCUT2D eigenvalue weighted by atomic mass is 16.5. The molecule has 0 spiro atoms. The van der Waals surface area contributed by atoms with Gasteiger partial charge in [0, 0.05) is 31.7 Å². The van der Waals surface area contributed by atoms with Crippen LogP contribution in [0.25, 0.3) is 11.5 Å². The third kappa shape index (κ3) is 4.27. The van der Waals surface area contributed by atoms with Crippen molar-refractivity contribution >= 4 is 5.91 Å². The number of nitrogens with zero attached hydrogens (tertiary/aromatic N) is 3. The molecule has 0 aliphatic heterocycles. The van der Waals surface area contributed by atoms with E-state index >= 15 is 0 Å². The van der Waals surface area contributed by atoms with Crippen LogP contribution < -0.4 is 10.1 Å². The second-order valence-electron chi connectivity index (χ2n) is 5.99. The number of carbonyl (C=O) groups excluding carboxylic acids is 1. The van der Waals surface area contributed by atoms with E-state index < -0.39 is 0 Å². The molecule has 0 unspecified atom stereocenters. The van der Waals surface area contributed by atoms with E-state index in [0.717, 1.165) is 28.4 Å². The fourth-order valence-corrected chi connectivity index (χ4v) is 2.83. The van der Waals surface area contributed by atoms with Crippen molar-refractivity contribution in [1.29, 1.82) is 0 Å². The predicted octanol–water partition coefficient (Wildman–Crippen LogP) is 2.62. The molecule has 2 aromatic heterocycles. The van der Waals surface area contributed by atoms with Gasteiger partial charge in [0.15, 0.2) is 5.82 Å². The average molecular weight is 350 g/mol. The molecule has 26 heavy (non-hydrogen) atoms. The Morgan fingerprint density at radius 1 is 1.19 bits per heavy atom. The Kier molecular flexibility index (Phi) is 5.63. The van der Waals surface area contributed by atoms with Gasteiger partial charge in [-0.1, -0.05) is 18.2 Å². The van der Waals surface area contributed by atoms with Crippen LogP contribution in [0, 0.1) is 6.92 Å². The molecule has 0 aliphatic rings. The van der Waals surface area contributed by atoms with Gasteiger partial charge in [0.25, 0.3) is 0 Å². The quantitative estimate of drug-likeness (QED) is 0.711. The number of ether oxygens (including phenoxy) is 1. The van der Waals surface area contributed by atoms with E-state index in [1.54, 1.807) is 19.5 Å². The molecule has 1 aromatic carbocycles. The fraction of sp³-hybridized carbons (Fsp3) is 0.250. The standard InChI is InChI=1S/C20H22N4O2/c1-15-13-16(6-7-18(15)26-2)14-19(25)22-9-11-24-12-10-23-20(24)17-5-3-4-8-21-17/h3-8,10,12-13H,9,11,14H2,1-2H3,(H,22,25). The second kappa shape index (κ2) is 8.29. The third-order valence-corrected chi connectivity index (χ3v) is 4.11. The smallest absolute Gasteiger partial charge is 0.224 e. The maximum atomic E-state index is 12.2. The molecule has 3 rings (SSSR count). The molecule has 2 heterocycles. The van der Waals surface area contributed by atoms with Crippen LogP contribution in [0.1, 0.15) is 11.1 Å². The number of amides is 1. The van der Waals surface area contributed by atoms with Gasteiger partial charge < -0.3 is 14.6 Å². The summed E-state index contributed by atoms with van der Waals surface area (Å²) in [7, 11) is 1.64. The first-order valence-electron chi connectivity index (χ1n) is 8.50. The first-order chi connectivity index (χ1) is 12.7. The van der Waals surface area contributed by atoms with Crippen molar-refractivity contribution in [2.24, 2.45) is 0 Å². The molecule has 0 atom stereocenters. The van der Waals surface area contributed by atoms with Crippen molar-refractivity contribution in [3.8, 4) is 17.3 Å². The van der Waals surface area contributed by atoms with Crippen molar-refractivity contribution in [1.82, 2.24) is 19.9 Å². The number of aromatic nitrogens is 3. The second-order valence-corrected chi connectivity index (χ2v) is 5.99. The Balaban J connectivity index is 1.53. The van der Waals surface area contributed by atoms with E-state index in [1.165, 1.54) is 0 Å². The number of benzene rings is 1. The van der Waals surface area contributed by atoms with E-state index in [-0.39, 0.29) is 5.91 Å². The Bertz CT molecular complexity index is 875. The summed E-state index contributed by atoms with van der Waals surface area (Å²) in [6.07, 6.45) is 5.73. The molecule has 1 N–H and O–H groups in total. The van der Waals surface area contributed by atoms with Crippen molar-refractivity contribution in [2.75, 3.05) is 13.7 Å². The first-order valence-corrected chi connectivity index (χ1v) is 8.50. The Morgan fingerprint density at radius 2 is 2.08 bits per heavy atom. The van der Waals surface area contributed by atoms with Gasteiger partial charge in [0.2, 0.25) is 5.91 Å². The van der Waals surface area contributed by atoms with Gasteiger partial charge in [-0.25, -0.2) is 4.98 Å². The van der Waals surface area contributed by atoms with Crippen LogP contribution in [0.5, 0.6) is 5.75 Å². The van der Waals surface area contributed by atoms with Gasteiger partial charge in [-0.2, -0.15) is 0 Å². The first kappa shape index (κ1) is 17.7. The van der Waals surface area contributed by atoms with Gasteiger partial charge in [-0.15, -0.1) is 0 Å². The summed E-state index contributed by atoms with van der Waals surface area (Å²) in [5.74, 6) is 1.62. The van der Waals surface area contributed by atoms with Gasteiger partial charge in [-0.3, -0.25) is 9.78 Å². The summed E-state index contributed by atoms with van der Waals surface area (Å²) in [6, 6.07) is 11.5. The lowest BCUT2D eigenvalue weighted by molar-refractivity contribution is -0.120. The Hall–Kier alpha value is -3.15. The van der Waals surface area contributed by atoms with Crippen LogP contribution in [0.4, 0.5) is 0 Å². The van der Waals surface area contributed by atoms with Crippen molar-refractivity contribution in [3.63, 3.8) is 0 Å². The van der Waals surface area contributed by atoms with E-state index in [9.17, 15) is 4.79 Å². The molecule has 1 amide bonds. The zero-order chi connectivity index (χ0) is 18.4. The minimum absolute atomic E-state index is 0.00549. The number of imidazole rings is 1. The van der Waals surface area contributed by atoms with Crippen molar-refractivity contribution in [2.45, 2.75) is 19.9 Å². The topological polar surface area (TPSA) is 69.0 Å². The molecule has 6 heteroatoms. The minimum atomic E-state index is -0.00549. The Morgan fingerprint density at radius 3 is 2.81 bits per heavy atom. The maximum absolute atomic E-state index is 12.2. The number of rotatable bonds is 7. The van der Waals surface area contributed by atoms with Gasteiger partial charge in [0.05, 0.1) is 13.5 Å². The van der Waals surface area contributed by atoms with Crippen LogP contribution in [-0.2, 0) is 17.8 Å². The maximum Gasteiger partial charge on any atom is 0.224 e. The summed E-state index contributed by atoms with van der Waals surface area (Å²) in [6.45, 7) is 3.14. The molecular formula is C20H22N4O2. The van der Waals surface area contributed by atoms with Gasteiger partial charge in [0.1, 0.15) is 11.4 Å². The molecule has 0 saturated heterocycles. The number of nitrogens with one attached hydrogen (secondary N) is 1. The largest absolute Gasteiger partial charge is 0.496 e. The van der Waals surface area contributed by atoms with Crippen molar-refractivity contribution < 1.29 is 9.53 Å². The fourth-order valence-electron chi connectivity index (χ4n) is 2.83.